The van der Waals surface area contributed by atoms with Crippen LogP contribution < -0.4 is 5.32 Å². The maximum Gasteiger partial charge on any atom is 0.0452 e. The lowest BCUT2D eigenvalue weighted by Gasteiger charge is -2.12. The summed E-state index contributed by atoms with van der Waals surface area (Å²) in [7, 11) is 1.95. The zero-order valence-corrected chi connectivity index (χ0v) is 10.1. The minimum absolute atomic E-state index is 0.450. The van der Waals surface area contributed by atoms with Crippen LogP contribution in [0.1, 0.15) is 18.4 Å². The van der Waals surface area contributed by atoms with Crippen molar-refractivity contribution in [2.24, 2.45) is 0 Å². The molecule has 72 valence electrons. The van der Waals surface area contributed by atoms with Gasteiger partial charge in [-0.3, -0.25) is 0 Å². The molecule has 0 fully saturated rings. The number of halogens is 2. The van der Waals surface area contributed by atoms with Gasteiger partial charge in [-0.2, -0.15) is 0 Å². The van der Waals surface area contributed by atoms with Crippen molar-refractivity contribution in [3.8, 4) is 0 Å². The van der Waals surface area contributed by atoms with E-state index < -0.39 is 0 Å². The van der Waals surface area contributed by atoms with E-state index in [1.807, 2.05) is 19.2 Å². The number of rotatable bonds is 3. The summed E-state index contributed by atoms with van der Waals surface area (Å²) in [5.41, 5.74) is 1.19. The minimum Gasteiger partial charge on any atom is -0.319 e. The molecule has 1 atom stereocenters. The highest BCUT2D eigenvalue weighted by Crippen LogP contribution is 2.26. The van der Waals surface area contributed by atoms with Crippen LogP contribution in [0, 0.1) is 0 Å². The topological polar surface area (TPSA) is 12.0 Å². The van der Waals surface area contributed by atoms with Crippen LogP contribution >= 0.6 is 27.5 Å². The zero-order chi connectivity index (χ0) is 9.84. The number of hydrogen-bond donors (Lipinski definition) is 1. The zero-order valence-electron chi connectivity index (χ0n) is 7.77. The van der Waals surface area contributed by atoms with Crippen molar-refractivity contribution in [1.82, 2.24) is 5.32 Å². The van der Waals surface area contributed by atoms with E-state index in [-0.39, 0.29) is 0 Å². The predicted molar refractivity (Wildman–Crippen MR) is 61.5 cm³/mol. The Morgan fingerprint density at radius 3 is 2.77 bits per heavy atom. The van der Waals surface area contributed by atoms with E-state index in [0.717, 1.165) is 16.0 Å². The molecule has 1 N–H and O–H groups in total. The van der Waals surface area contributed by atoms with Crippen molar-refractivity contribution >= 4 is 27.5 Å². The molecule has 0 radical (unpaired) electrons. The normalized spacial score (nSPS) is 12.9. The van der Waals surface area contributed by atoms with E-state index in [4.69, 9.17) is 11.6 Å². The van der Waals surface area contributed by atoms with E-state index >= 15 is 0 Å². The van der Waals surface area contributed by atoms with Gasteiger partial charge in [0, 0.05) is 16.0 Å². The molecular weight excluding hydrogens is 249 g/mol. The summed E-state index contributed by atoms with van der Waals surface area (Å²) in [5, 5.41) is 3.97. The third kappa shape index (κ3) is 2.97. The Kier molecular flexibility index (Phi) is 4.23. The second-order valence-corrected chi connectivity index (χ2v) is 4.45. The largest absolute Gasteiger partial charge is 0.319 e. The first-order valence-corrected chi connectivity index (χ1v) is 5.41. The molecular formula is C10H13BrClN. The van der Waals surface area contributed by atoms with Crippen molar-refractivity contribution in [2.75, 3.05) is 13.6 Å². The number of nitrogens with one attached hydrogen (secondary N) is 1. The van der Waals surface area contributed by atoms with Crippen molar-refractivity contribution in [1.29, 1.82) is 0 Å². The van der Waals surface area contributed by atoms with Gasteiger partial charge in [0.1, 0.15) is 0 Å². The van der Waals surface area contributed by atoms with Gasteiger partial charge in [0.2, 0.25) is 0 Å². The Morgan fingerprint density at radius 2 is 2.23 bits per heavy atom. The lowest BCUT2D eigenvalue weighted by molar-refractivity contribution is 0.678. The highest BCUT2D eigenvalue weighted by molar-refractivity contribution is 9.10. The molecule has 1 nitrogen and oxygen atoms in total. The van der Waals surface area contributed by atoms with E-state index in [1.165, 1.54) is 5.56 Å². The van der Waals surface area contributed by atoms with Crippen LogP contribution in [0.25, 0.3) is 0 Å². The maximum absolute atomic E-state index is 6.10. The first-order valence-electron chi connectivity index (χ1n) is 4.24. The predicted octanol–water partition coefficient (Wildman–Crippen LogP) is 3.43. The van der Waals surface area contributed by atoms with Crippen molar-refractivity contribution in [3.05, 3.63) is 33.3 Å². The maximum atomic E-state index is 6.10. The Hall–Kier alpha value is -0.0500. The fourth-order valence-corrected chi connectivity index (χ4v) is 2.18. The van der Waals surface area contributed by atoms with Gasteiger partial charge in [0.05, 0.1) is 0 Å². The lowest BCUT2D eigenvalue weighted by atomic mass is 10.0. The van der Waals surface area contributed by atoms with Crippen LogP contribution in [0.5, 0.6) is 0 Å². The molecule has 0 spiro atoms. The highest BCUT2D eigenvalue weighted by Gasteiger charge is 2.08. The Labute approximate surface area is 92.6 Å². The molecule has 3 heteroatoms. The molecule has 0 heterocycles. The SMILES string of the molecule is CNCC(C)c1ccc(Br)cc1Cl. The molecule has 0 amide bonds. The highest BCUT2D eigenvalue weighted by atomic mass is 79.9. The molecule has 0 saturated heterocycles. The summed E-state index contributed by atoms with van der Waals surface area (Å²) in [6, 6.07) is 6.02. The Bertz CT molecular complexity index is 288. The first kappa shape index (κ1) is 11.0. The molecule has 1 unspecified atom stereocenters. The minimum atomic E-state index is 0.450. The molecule has 0 aliphatic heterocycles. The molecule has 0 saturated carbocycles. The Balaban J connectivity index is 2.88. The summed E-state index contributed by atoms with van der Waals surface area (Å²) in [5.74, 6) is 0.450. The quantitative estimate of drug-likeness (QED) is 0.880. The Morgan fingerprint density at radius 1 is 1.54 bits per heavy atom. The molecule has 1 aromatic rings. The summed E-state index contributed by atoms with van der Waals surface area (Å²) >= 11 is 9.49. The molecule has 0 bridgehead atoms. The van der Waals surface area contributed by atoms with Gasteiger partial charge in [-0.25, -0.2) is 0 Å². The smallest absolute Gasteiger partial charge is 0.0452 e. The van der Waals surface area contributed by atoms with Gasteiger partial charge in [-0.1, -0.05) is 40.5 Å². The van der Waals surface area contributed by atoms with Gasteiger partial charge in [-0.15, -0.1) is 0 Å². The second kappa shape index (κ2) is 4.99. The van der Waals surface area contributed by atoms with Crippen LogP contribution in [0.4, 0.5) is 0 Å². The van der Waals surface area contributed by atoms with E-state index in [2.05, 4.69) is 34.2 Å². The summed E-state index contributed by atoms with van der Waals surface area (Å²) in [6.45, 7) is 3.10. The summed E-state index contributed by atoms with van der Waals surface area (Å²) in [4.78, 5) is 0. The number of benzene rings is 1. The van der Waals surface area contributed by atoms with Crippen LogP contribution in [0.2, 0.25) is 5.02 Å². The van der Waals surface area contributed by atoms with Crippen molar-refractivity contribution < 1.29 is 0 Å². The third-order valence-corrected chi connectivity index (χ3v) is 2.82. The van der Waals surface area contributed by atoms with Crippen molar-refractivity contribution in [3.63, 3.8) is 0 Å². The number of likely N-dealkylation sites (N-methyl/N-ethyl adjacent to an activating group) is 1. The van der Waals surface area contributed by atoms with Crippen molar-refractivity contribution in [2.45, 2.75) is 12.8 Å². The molecule has 0 aliphatic rings. The average molecular weight is 263 g/mol. The second-order valence-electron chi connectivity index (χ2n) is 3.12. The summed E-state index contributed by atoms with van der Waals surface area (Å²) in [6.07, 6.45) is 0. The lowest BCUT2D eigenvalue weighted by Crippen LogP contribution is -2.14. The van der Waals surface area contributed by atoms with Crippen LogP contribution in [-0.2, 0) is 0 Å². The van der Waals surface area contributed by atoms with Gasteiger partial charge >= 0.3 is 0 Å². The molecule has 1 rings (SSSR count). The fourth-order valence-electron chi connectivity index (χ4n) is 1.32. The van der Waals surface area contributed by atoms with Crippen LogP contribution in [0.3, 0.4) is 0 Å². The first-order chi connectivity index (χ1) is 6.15. The number of hydrogen-bond acceptors (Lipinski definition) is 1. The van der Waals surface area contributed by atoms with E-state index in [0.29, 0.717) is 5.92 Å². The van der Waals surface area contributed by atoms with Crippen LogP contribution in [-0.4, -0.2) is 13.6 Å². The molecule has 13 heavy (non-hydrogen) atoms. The van der Waals surface area contributed by atoms with Gasteiger partial charge in [0.25, 0.3) is 0 Å². The monoisotopic (exact) mass is 261 g/mol. The van der Waals surface area contributed by atoms with Gasteiger partial charge < -0.3 is 5.32 Å². The standard InChI is InChI=1S/C10H13BrClN/c1-7(6-13-2)9-4-3-8(11)5-10(9)12/h3-5,7,13H,6H2,1-2H3. The molecule has 0 aliphatic carbocycles. The van der Waals surface area contributed by atoms with Gasteiger partial charge in [-0.05, 0) is 30.7 Å². The fraction of sp³-hybridized carbons (Fsp3) is 0.400. The van der Waals surface area contributed by atoms with Crippen LogP contribution in [0.15, 0.2) is 22.7 Å². The molecule has 1 aromatic carbocycles. The summed E-state index contributed by atoms with van der Waals surface area (Å²) < 4.78 is 1.03. The average Bonchev–Trinajstić information content (AvgIpc) is 2.04. The van der Waals surface area contributed by atoms with Gasteiger partial charge in [0.15, 0.2) is 0 Å². The van der Waals surface area contributed by atoms with E-state index in [9.17, 15) is 0 Å². The molecule has 0 aromatic heterocycles. The van der Waals surface area contributed by atoms with E-state index in [1.54, 1.807) is 0 Å². The third-order valence-electron chi connectivity index (χ3n) is 2.00.